The SMILES string of the molecule is CCNC(=O)c1cccc(CN=C(NCC)NCC(C)(O)CN2CCOCC2)c1. The molecule has 1 saturated heterocycles. The average Bonchev–Trinajstić information content (AvgIpc) is 2.71. The van der Waals surface area contributed by atoms with Crippen LogP contribution in [0.1, 0.15) is 36.7 Å². The summed E-state index contributed by atoms with van der Waals surface area (Å²) in [7, 11) is 0. The van der Waals surface area contributed by atoms with Gasteiger partial charge in [-0.25, -0.2) is 4.99 Å². The third-order valence-electron chi connectivity index (χ3n) is 4.60. The highest BCUT2D eigenvalue weighted by molar-refractivity contribution is 5.94. The number of aliphatic hydroxyl groups is 1. The van der Waals surface area contributed by atoms with Gasteiger partial charge in [0.1, 0.15) is 0 Å². The second-order valence-electron chi connectivity index (χ2n) is 7.49. The predicted molar refractivity (Wildman–Crippen MR) is 115 cm³/mol. The van der Waals surface area contributed by atoms with Gasteiger partial charge in [0.2, 0.25) is 0 Å². The zero-order valence-electron chi connectivity index (χ0n) is 17.8. The Morgan fingerprint density at radius 3 is 2.62 bits per heavy atom. The third kappa shape index (κ3) is 8.39. The van der Waals surface area contributed by atoms with E-state index in [1.807, 2.05) is 39.0 Å². The Labute approximate surface area is 173 Å². The van der Waals surface area contributed by atoms with E-state index in [1.54, 1.807) is 6.07 Å². The Bertz CT molecular complexity index is 672. The summed E-state index contributed by atoms with van der Waals surface area (Å²) in [5.41, 5.74) is 0.697. The summed E-state index contributed by atoms with van der Waals surface area (Å²) in [6, 6.07) is 7.46. The second-order valence-corrected chi connectivity index (χ2v) is 7.49. The van der Waals surface area contributed by atoms with Gasteiger partial charge >= 0.3 is 0 Å². The Kier molecular flexibility index (Phi) is 9.37. The van der Waals surface area contributed by atoms with Crippen LogP contribution in [0.25, 0.3) is 0 Å². The number of hydrogen-bond donors (Lipinski definition) is 4. The number of nitrogens with one attached hydrogen (secondary N) is 3. The minimum atomic E-state index is -0.883. The van der Waals surface area contributed by atoms with E-state index >= 15 is 0 Å². The minimum absolute atomic E-state index is 0.0810. The Balaban J connectivity index is 1.93. The molecule has 1 aromatic rings. The number of aliphatic imine (C=N–C) groups is 1. The highest BCUT2D eigenvalue weighted by Crippen LogP contribution is 2.09. The van der Waals surface area contributed by atoms with Crippen LogP contribution in [-0.2, 0) is 11.3 Å². The van der Waals surface area contributed by atoms with Crippen LogP contribution in [0.4, 0.5) is 0 Å². The lowest BCUT2D eigenvalue weighted by Gasteiger charge is -2.34. The fourth-order valence-corrected chi connectivity index (χ4v) is 3.16. The van der Waals surface area contributed by atoms with Crippen molar-refractivity contribution in [3.63, 3.8) is 0 Å². The Morgan fingerprint density at radius 2 is 1.93 bits per heavy atom. The van der Waals surface area contributed by atoms with Gasteiger partial charge in [0.05, 0.1) is 25.4 Å². The van der Waals surface area contributed by atoms with Gasteiger partial charge in [0, 0.05) is 44.8 Å². The molecule has 162 valence electrons. The maximum absolute atomic E-state index is 12.0. The topological polar surface area (TPSA) is 98.2 Å². The average molecular weight is 406 g/mol. The maximum atomic E-state index is 12.0. The van der Waals surface area contributed by atoms with Gasteiger partial charge in [-0.1, -0.05) is 12.1 Å². The molecule has 8 nitrogen and oxygen atoms in total. The van der Waals surface area contributed by atoms with E-state index in [-0.39, 0.29) is 5.91 Å². The summed E-state index contributed by atoms with van der Waals surface area (Å²) in [6.07, 6.45) is 0. The first-order valence-electron chi connectivity index (χ1n) is 10.4. The summed E-state index contributed by atoms with van der Waals surface area (Å²) >= 11 is 0. The van der Waals surface area contributed by atoms with Gasteiger partial charge in [-0.05, 0) is 38.5 Å². The number of ether oxygens (including phenoxy) is 1. The third-order valence-corrected chi connectivity index (χ3v) is 4.60. The summed E-state index contributed by atoms with van der Waals surface area (Å²) in [6.45, 7) is 11.5. The van der Waals surface area contributed by atoms with Crippen molar-refractivity contribution >= 4 is 11.9 Å². The molecule has 1 heterocycles. The van der Waals surface area contributed by atoms with E-state index in [2.05, 4.69) is 25.8 Å². The van der Waals surface area contributed by atoms with Crippen LogP contribution in [0.5, 0.6) is 0 Å². The fraction of sp³-hybridized carbons (Fsp3) is 0.619. The van der Waals surface area contributed by atoms with Crippen LogP contribution in [-0.4, -0.2) is 80.0 Å². The molecular formula is C21H35N5O3. The zero-order chi connectivity index (χ0) is 21.1. The maximum Gasteiger partial charge on any atom is 0.251 e. The van der Waals surface area contributed by atoms with E-state index in [0.717, 1.165) is 25.2 Å². The van der Waals surface area contributed by atoms with Crippen LogP contribution in [0.3, 0.4) is 0 Å². The standard InChI is InChI=1S/C21H35N5O3/c1-4-22-19(27)18-8-6-7-17(13-18)14-24-20(23-5-2)25-15-21(3,28)16-26-9-11-29-12-10-26/h6-8,13,28H,4-5,9-12,14-16H2,1-3H3,(H,22,27)(H2,23,24,25). The number of rotatable bonds is 9. The molecule has 0 saturated carbocycles. The normalized spacial score (nSPS) is 17.4. The lowest BCUT2D eigenvalue weighted by atomic mass is 10.1. The number of guanidine groups is 1. The van der Waals surface area contributed by atoms with E-state index in [9.17, 15) is 9.90 Å². The number of benzene rings is 1. The van der Waals surface area contributed by atoms with Crippen molar-refractivity contribution in [2.45, 2.75) is 32.9 Å². The van der Waals surface area contributed by atoms with Gasteiger partial charge in [-0.2, -0.15) is 0 Å². The molecule has 0 radical (unpaired) electrons. The van der Waals surface area contributed by atoms with Gasteiger partial charge in [-0.3, -0.25) is 9.69 Å². The molecule has 1 amide bonds. The lowest BCUT2D eigenvalue weighted by Crippen LogP contribution is -2.52. The number of amides is 1. The van der Waals surface area contributed by atoms with Crippen molar-refractivity contribution in [2.75, 3.05) is 52.5 Å². The van der Waals surface area contributed by atoms with E-state index in [4.69, 9.17) is 4.74 Å². The zero-order valence-corrected chi connectivity index (χ0v) is 17.8. The van der Waals surface area contributed by atoms with Crippen molar-refractivity contribution in [1.82, 2.24) is 20.9 Å². The van der Waals surface area contributed by atoms with Crippen molar-refractivity contribution in [3.8, 4) is 0 Å². The first kappa shape index (κ1) is 23.1. The molecule has 0 spiro atoms. The second kappa shape index (κ2) is 11.7. The molecule has 8 heteroatoms. The molecule has 1 aromatic carbocycles. The molecule has 2 rings (SSSR count). The molecule has 0 aliphatic carbocycles. The molecule has 1 unspecified atom stereocenters. The van der Waals surface area contributed by atoms with Gasteiger partial charge in [0.25, 0.3) is 5.91 Å². The molecule has 4 N–H and O–H groups in total. The van der Waals surface area contributed by atoms with Crippen LogP contribution < -0.4 is 16.0 Å². The number of carbonyl (C=O) groups is 1. The lowest BCUT2D eigenvalue weighted by molar-refractivity contribution is -0.0201. The van der Waals surface area contributed by atoms with Crippen LogP contribution in [0.15, 0.2) is 29.3 Å². The minimum Gasteiger partial charge on any atom is -0.387 e. The quantitative estimate of drug-likeness (QED) is 0.354. The number of hydrogen-bond acceptors (Lipinski definition) is 5. The molecule has 1 aliphatic heterocycles. The molecule has 0 aromatic heterocycles. The summed E-state index contributed by atoms with van der Waals surface area (Å²) in [5.74, 6) is 0.556. The fourth-order valence-electron chi connectivity index (χ4n) is 3.16. The van der Waals surface area contributed by atoms with Crippen molar-refractivity contribution in [1.29, 1.82) is 0 Å². The first-order valence-corrected chi connectivity index (χ1v) is 10.4. The summed E-state index contributed by atoms with van der Waals surface area (Å²) < 4.78 is 5.36. The number of morpholine rings is 1. The molecular weight excluding hydrogens is 370 g/mol. The van der Waals surface area contributed by atoms with Crippen molar-refractivity contribution in [2.24, 2.45) is 4.99 Å². The Hall–Kier alpha value is -2.16. The smallest absolute Gasteiger partial charge is 0.251 e. The van der Waals surface area contributed by atoms with Gasteiger partial charge in [0.15, 0.2) is 5.96 Å². The summed E-state index contributed by atoms with van der Waals surface area (Å²) in [4.78, 5) is 18.8. The Morgan fingerprint density at radius 1 is 1.21 bits per heavy atom. The molecule has 1 atom stereocenters. The van der Waals surface area contributed by atoms with Crippen molar-refractivity contribution < 1.29 is 14.6 Å². The van der Waals surface area contributed by atoms with E-state index < -0.39 is 5.60 Å². The number of β-amino-alcohol motifs (C(OH)–C–C–N with tert-alkyl or cyclic N) is 1. The molecule has 1 fully saturated rings. The van der Waals surface area contributed by atoms with Gasteiger partial charge in [-0.15, -0.1) is 0 Å². The highest BCUT2D eigenvalue weighted by Gasteiger charge is 2.25. The molecule has 29 heavy (non-hydrogen) atoms. The van der Waals surface area contributed by atoms with Crippen LogP contribution >= 0.6 is 0 Å². The monoisotopic (exact) mass is 405 g/mol. The van der Waals surface area contributed by atoms with Crippen LogP contribution in [0.2, 0.25) is 0 Å². The van der Waals surface area contributed by atoms with Gasteiger partial charge < -0.3 is 25.8 Å². The summed E-state index contributed by atoms with van der Waals surface area (Å²) in [5, 5.41) is 20.0. The van der Waals surface area contributed by atoms with E-state index in [0.29, 0.717) is 50.9 Å². The first-order chi connectivity index (χ1) is 13.9. The molecule has 0 bridgehead atoms. The largest absolute Gasteiger partial charge is 0.387 e. The van der Waals surface area contributed by atoms with Crippen LogP contribution in [0, 0.1) is 0 Å². The van der Waals surface area contributed by atoms with E-state index in [1.165, 1.54) is 0 Å². The predicted octanol–water partition coefficient (Wildman–Crippen LogP) is 0.575. The number of nitrogens with zero attached hydrogens (tertiary/aromatic N) is 2. The molecule has 1 aliphatic rings. The highest BCUT2D eigenvalue weighted by atomic mass is 16.5. The van der Waals surface area contributed by atoms with Crippen molar-refractivity contribution in [3.05, 3.63) is 35.4 Å². The number of carbonyl (C=O) groups excluding carboxylic acids is 1.